The number of carbonyl (C=O) groups is 1. The van der Waals surface area contributed by atoms with Crippen LogP contribution >= 0.6 is 23.4 Å². The summed E-state index contributed by atoms with van der Waals surface area (Å²) in [6.07, 6.45) is 0. The molecule has 0 aliphatic carbocycles. The van der Waals surface area contributed by atoms with Gasteiger partial charge in [-0.3, -0.25) is 9.89 Å². The summed E-state index contributed by atoms with van der Waals surface area (Å²) in [4.78, 5) is 16.9. The van der Waals surface area contributed by atoms with Gasteiger partial charge in [0.2, 0.25) is 5.16 Å². The molecule has 2 aromatic carbocycles. The summed E-state index contributed by atoms with van der Waals surface area (Å²) >= 11 is 7.36. The maximum atomic E-state index is 12.4. The average molecular weight is 374 g/mol. The van der Waals surface area contributed by atoms with Crippen molar-refractivity contribution in [3.05, 3.63) is 59.1 Å². The predicted molar refractivity (Wildman–Crippen MR) is 99.5 cm³/mol. The molecule has 0 saturated heterocycles. The van der Waals surface area contributed by atoms with Gasteiger partial charge >= 0.3 is 0 Å². The minimum Gasteiger partial charge on any atom is -0.496 e. The molecule has 0 radical (unpaired) electrons. The van der Waals surface area contributed by atoms with Crippen LogP contribution in [0.15, 0.2) is 53.7 Å². The van der Waals surface area contributed by atoms with E-state index in [2.05, 4.69) is 15.2 Å². The third-order valence-corrected chi connectivity index (χ3v) is 4.79. The van der Waals surface area contributed by atoms with Crippen LogP contribution in [0.3, 0.4) is 0 Å². The highest BCUT2D eigenvalue weighted by molar-refractivity contribution is 8.00. The van der Waals surface area contributed by atoms with E-state index in [1.165, 1.54) is 11.8 Å². The molecule has 7 heteroatoms. The Morgan fingerprint density at radius 1 is 1.24 bits per heavy atom. The van der Waals surface area contributed by atoms with E-state index in [0.29, 0.717) is 27.3 Å². The molecule has 0 amide bonds. The van der Waals surface area contributed by atoms with Crippen LogP contribution in [0, 0.1) is 0 Å². The largest absolute Gasteiger partial charge is 0.496 e. The lowest BCUT2D eigenvalue weighted by molar-refractivity contribution is 0.0994. The summed E-state index contributed by atoms with van der Waals surface area (Å²) < 4.78 is 5.33. The number of Topliss-reactive ketones (excluding diaryl/α,β-unsaturated/α-hetero) is 1. The lowest BCUT2D eigenvalue weighted by Crippen LogP contribution is -2.13. The van der Waals surface area contributed by atoms with E-state index >= 15 is 0 Å². The molecule has 0 bridgehead atoms. The normalized spacial score (nSPS) is 12.0. The molecule has 0 aliphatic heterocycles. The Labute approximate surface area is 154 Å². The van der Waals surface area contributed by atoms with Crippen molar-refractivity contribution in [2.45, 2.75) is 17.3 Å². The monoisotopic (exact) mass is 373 g/mol. The molecule has 0 spiro atoms. The smallest absolute Gasteiger partial charge is 0.209 e. The number of halogens is 1. The first-order valence-electron chi connectivity index (χ1n) is 7.60. The molecule has 0 fully saturated rings. The third kappa shape index (κ3) is 4.03. The van der Waals surface area contributed by atoms with Gasteiger partial charge in [-0.05, 0) is 25.1 Å². The van der Waals surface area contributed by atoms with Crippen LogP contribution in [-0.2, 0) is 0 Å². The predicted octanol–water partition coefficient (Wildman–Crippen LogP) is 4.50. The van der Waals surface area contributed by atoms with Crippen LogP contribution in [0.2, 0.25) is 5.02 Å². The second-order valence-electron chi connectivity index (χ2n) is 5.30. The maximum Gasteiger partial charge on any atom is 0.209 e. The van der Waals surface area contributed by atoms with Crippen molar-refractivity contribution in [2.24, 2.45) is 0 Å². The first-order chi connectivity index (χ1) is 12.1. The number of nitrogens with one attached hydrogen (secondary N) is 1. The fourth-order valence-electron chi connectivity index (χ4n) is 2.33. The van der Waals surface area contributed by atoms with Crippen molar-refractivity contribution < 1.29 is 9.53 Å². The number of ether oxygens (including phenoxy) is 1. The third-order valence-electron chi connectivity index (χ3n) is 3.59. The van der Waals surface area contributed by atoms with Crippen LogP contribution in [0.25, 0.3) is 11.4 Å². The van der Waals surface area contributed by atoms with Crippen LogP contribution in [0.5, 0.6) is 5.75 Å². The Balaban J connectivity index is 1.78. The standard InChI is InChI=1S/C18H16ClN3O2S/c1-11(16(23)12-6-4-3-5-7-12)25-18-20-17(21-22-18)14-10-13(19)8-9-15(14)24-2/h3-11H,1-2H3,(H,20,21,22). The van der Waals surface area contributed by atoms with Gasteiger partial charge in [-0.1, -0.05) is 53.7 Å². The Kier molecular flexibility index (Phi) is 5.40. The summed E-state index contributed by atoms with van der Waals surface area (Å²) in [6, 6.07) is 14.5. The summed E-state index contributed by atoms with van der Waals surface area (Å²) in [6.45, 7) is 1.84. The van der Waals surface area contributed by atoms with E-state index < -0.39 is 0 Å². The fraction of sp³-hybridized carbons (Fsp3) is 0.167. The lowest BCUT2D eigenvalue weighted by Gasteiger charge is -2.07. The Bertz CT molecular complexity index is 883. The molecule has 0 aliphatic rings. The number of carbonyl (C=O) groups excluding carboxylic acids is 1. The number of H-pyrrole nitrogens is 1. The van der Waals surface area contributed by atoms with Crippen LogP contribution in [-0.4, -0.2) is 33.3 Å². The number of rotatable bonds is 6. The molecular weight excluding hydrogens is 358 g/mol. The quantitative estimate of drug-likeness (QED) is 0.509. The minimum absolute atomic E-state index is 0.0392. The number of nitrogens with zero attached hydrogens (tertiary/aromatic N) is 2. The number of ketones is 1. The molecule has 128 valence electrons. The summed E-state index contributed by atoms with van der Waals surface area (Å²) in [5, 5.41) is 7.84. The zero-order chi connectivity index (χ0) is 17.8. The molecule has 3 rings (SSSR count). The van der Waals surface area contributed by atoms with Gasteiger partial charge in [0.25, 0.3) is 0 Å². The molecule has 5 nitrogen and oxygen atoms in total. The van der Waals surface area contributed by atoms with E-state index in [9.17, 15) is 4.79 Å². The number of benzene rings is 2. The summed E-state index contributed by atoms with van der Waals surface area (Å²) in [5.41, 5.74) is 1.39. The van der Waals surface area contributed by atoms with Gasteiger partial charge in [0.05, 0.1) is 17.9 Å². The molecule has 1 N–H and O–H groups in total. The van der Waals surface area contributed by atoms with Crippen LogP contribution in [0.1, 0.15) is 17.3 Å². The van der Waals surface area contributed by atoms with E-state index in [1.807, 2.05) is 25.1 Å². The van der Waals surface area contributed by atoms with Crippen molar-refractivity contribution in [3.8, 4) is 17.1 Å². The number of hydrogen-bond acceptors (Lipinski definition) is 5. The van der Waals surface area contributed by atoms with Gasteiger partial charge < -0.3 is 4.74 Å². The zero-order valence-corrected chi connectivity index (χ0v) is 15.3. The molecular formula is C18H16ClN3O2S. The van der Waals surface area contributed by atoms with E-state index in [1.54, 1.807) is 37.4 Å². The van der Waals surface area contributed by atoms with Crippen molar-refractivity contribution >= 4 is 29.1 Å². The van der Waals surface area contributed by atoms with Crippen molar-refractivity contribution in [1.29, 1.82) is 0 Å². The molecule has 1 aromatic heterocycles. The first kappa shape index (κ1) is 17.5. The highest BCUT2D eigenvalue weighted by Crippen LogP contribution is 2.32. The van der Waals surface area contributed by atoms with Crippen molar-refractivity contribution in [2.75, 3.05) is 7.11 Å². The average Bonchev–Trinajstić information content (AvgIpc) is 3.10. The Morgan fingerprint density at radius 2 is 2.00 bits per heavy atom. The SMILES string of the molecule is COc1ccc(Cl)cc1-c1nc(SC(C)C(=O)c2ccccc2)n[nH]1. The van der Waals surface area contributed by atoms with Crippen molar-refractivity contribution in [3.63, 3.8) is 0 Å². The number of aromatic amines is 1. The number of thioether (sulfide) groups is 1. The second-order valence-corrected chi connectivity index (χ2v) is 7.05. The van der Waals surface area contributed by atoms with Crippen LogP contribution < -0.4 is 4.74 Å². The number of hydrogen-bond donors (Lipinski definition) is 1. The van der Waals surface area contributed by atoms with E-state index in [4.69, 9.17) is 16.3 Å². The molecule has 1 heterocycles. The first-order valence-corrected chi connectivity index (χ1v) is 8.86. The topological polar surface area (TPSA) is 67.9 Å². The number of aromatic nitrogens is 3. The van der Waals surface area contributed by atoms with Gasteiger partial charge in [0.15, 0.2) is 11.6 Å². The molecule has 3 aromatic rings. The van der Waals surface area contributed by atoms with Gasteiger partial charge in [0, 0.05) is 10.6 Å². The molecule has 1 atom stereocenters. The van der Waals surface area contributed by atoms with Crippen LogP contribution in [0.4, 0.5) is 0 Å². The Morgan fingerprint density at radius 3 is 2.72 bits per heavy atom. The highest BCUT2D eigenvalue weighted by Gasteiger charge is 2.19. The fourth-order valence-corrected chi connectivity index (χ4v) is 3.31. The molecule has 1 unspecified atom stereocenters. The van der Waals surface area contributed by atoms with Gasteiger partial charge in [-0.15, -0.1) is 5.10 Å². The molecule has 0 saturated carbocycles. The van der Waals surface area contributed by atoms with E-state index in [0.717, 1.165) is 5.56 Å². The lowest BCUT2D eigenvalue weighted by atomic mass is 10.1. The van der Waals surface area contributed by atoms with Gasteiger partial charge in [-0.2, -0.15) is 0 Å². The van der Waals surface area contributed by atoms with E-state index in [-0.39, 0.29) is 11.0 Å². The van der Waals surface area contributed by atoms with Crippen molar-refractivity contribution in [1.82, 2.24) is 15.2 Å². The summed E-state index contributed by atoms with van der Waals surface area (Å²) in [5.74, 6) is 1.23. The minimum atomic E-state index is -0.299. The second kappa shape index (κ2) is 7.72. The Hall–Kier alpha value is -2.31. The molecule has 25 heavy (non-hydrogen) atoms. The maximum absolute atomic E-state index is 12.4. The summed E-state index contributed by atoms with van der Waals surface area (Å²) in [7, 11) is 1.58. The number of methoxy groups -OCH3 is 1. The highest BCUT2D eigenvalue weighted by atomic mass is 35.5. The van der Waals surface area contributed by atoms with Gasteiger partial charge in [-0.25, -0.2) is 4.98 Å². The zero-order valence-electron chi connectivity index (χ0n) is 13.7. The van der Waals surface area contributed by atoms with Gasteiger partial charge in [0.1, 0.15) is 5.75 Å².